The molecule has 0 amide bonds. The second kappa shape index (κ2) is 2.22. The number of allylic oxidation sites excluding steroid dienone is 5. The maximum Gasteiger partial charge on any atom is -0.00130 e. The molecule has 0 aromatic rings. The molecule has 1 atom stereocenters. The molecule has 0 radical (unpaired) electrons. The maximum atomic E-state index is 3.92. The van der Waals surface area contributed by atoms with Crippen LogP contribution in [0.2, 0.25) is 0 Å². The van der Waals surface area contributed by atoms with Gasteiger partial charge in [0.2, 0.25) is 0 Å². The SMILES string of the molecule is C=C1C=C(C)C=CC1C. The fourth-order valence-electron chi connectivity index (χ4n) is 0.892. The van der Waals surface area contributed by atoms with Crippen LogP contribution in [0.5, 0.6) is 0 Å². The average molecular weight is 120 g/mol. The maximum absolute atomic E-state index is 3.92. The van der Waals surface area contributed by atoms with Gasteiger partial charge in [0, 0.05) is 0 Å². The second-order valence-corrected chi connectivity index (χ2v) is 2.61. The van der Waals surface area contributed by atoms with Crippen molar-refractivity contribution in [3.8, 4) is 0 Å². The summed E-state index contributed by atoms with van der Waals surface area (Å²) in [6.45, 7) is 8.16. The normalized spacial score (nSPS) is 26.2. The Balaban J connectivity index is 2.82. The molecule has 1 rings (SSSR count). The Morgan fingerprint density at radius 2 is 2.22 bits per heavy atom. The van der Waals surface area contributed by atoms with Crippen LogP contribution in [-0.4, -0.2) is 0 Å². The minimum absolute atomic E-state index is 0.536. The molecule has 0 fully saturated rings. The van der Waals surface area contributed by atoms with Crippen molar-refractivity contribution < 1.29 is 0 Å². The Hall–Kier alpha value is -0.780. The van der Waals surface area contributed by atoms with Gasteiger partial charge in [0.25, 0.3) is 0 Å². The van der Waals surface area contributed by atoms with Gasteiger partial charge in [-0.2, -0.15) is 0 Å². The highest BCUT2D eigenvalue weighted by molar-refractivity contribution is 5.35. The van der Waals surface area contributed by atoms with E-state index in [-0.39, 0.29) is 0 Å². The molecule has 9 heavy (non-hydrogen) atoms. The molecule has 0 spiro atoms. The largest absolute Gasteiger partial charge is 0.0952 e. The molecule has 0 aliphatic heterocycles. The lowest BCUT2D eigenvalue weighted by atomic mass is 9.95. The lowest BCUT2D eigenvalue weighted by Crippen LogP contribution is -1.95. The predicted molar refractivity (Wildman–Crippen MR) is 41.2 cm³/mol. The summed E-state index contributed by atoms with van der Waals surface area (Å²) in [6, 6.07) is 0. The van der Waals surface area contributed by atoms with Crippen LogP contribution in [0.15, 0.2) is 36.0 Å². The molecular weight excluding hydrogens is 108 g/mol. The van der Waals surface area contributed by atoms with E-state index in [1.807, 2.05) is 0 Å². The zero-order valence-corrected chi connectivity index (χ0v) is 6.02. The molecule has 1 unspecified atom stereocenters. The summed E-state index contributed by atoms with van der Waals surface area (Å²) in [5.41, 5.74) is 2.52. The molecule has 0 aromatic heterocycles. The molecule has 0 N–H and O–H groups in total. The molecule has 0 nitrogen and oxygen atoms in total. The molecule has 0 heterocycles. The number of rotatable bonds is 0. The van der Waals surface area contributed by atoms with Gasteiger partial charge < -0.3 is 0 Å². The third-order valence-corrected chi connectivity index (χ3v) is 1.65. The Kier molecular flexibility index (Phi) is 1.56. The molecule has 0 saturated heterocycles. The van der Waals surface area contributed by atoms with E-state index in [1.165, 1.54) is 11.1 Å². The van der Waals surface area contributed by atoms with E-state index in [0.29, 0.717) is 5.92 Å². The van der Waals surface area contributed by atoms with Gasteiger partial charge in [0.05, 0.1) is 0 Å². The van der Waals surface area contributed by atoms with E-state index in [2.05, 4.69) is 38.7 Å². The quantitative estimate of drug-likeness (QED) is 0.461. The minimum Gasteiger partial charge on any atom is -0.0952 e. The number of hydrogen-bond acceptors (Lipinski definition) is 0. The van der Waals surface area contributed by atoms with Gasteiger partial charge in [-0.15, -0.1) is 0 Å². The van der Waals surface area contributed by atoms with Gasteiger partial charge in [-0.25, -0.2) is 0 Å². The van der Waals surface area contributed by atoms with Crippen molar-refractivity contribution >= 4 is 0 Å². The van der Waals surface area contributed by atoms with Crippen LogP contribution in [-0.2, 0) is 0 Å². The van der Waals surface area contributed by atoms with Crippen molar-refractivity contribution in [3.05, 3.63) is 36.0 Å². The third-order valence-electron chi connectivity index (χ3n) is 1.65. The topological polar surface area (TPSA) is 0 Å². The van der Waals surface area contributed by atoms with E-state index in [4.69, 9.17) is 0 Å². The van der Waals surface area contributed by atoms with E-state index >= 15 is 0 Å². The van der Waals surface area contributed by atoms with Gasteiger partial charge >= 0.3 is 0 Å². The zero-order chi connectivity index (χ0) is 6.85. The summed E-state index contributed by atoms with van der Waals surface area (Å²) in [5.74, 6) is 0.536. The average Bonchev–Trinajstić information content (AvgIpc) is 1.80. The van der Waals surface area contributed by atoms with E-state index in [9.17, 15) is 0 Å². The fraction of sp³-hybridized carbons (Fsp3) is 0.333. The van der Waals surface area contributed by atoms with Crippen molar-refractivity contribution in [2.24, 2.45) is 5.92 Å². The minimum atomic E-state index is 0.536. The second-order valence-electron chi connectivity index (χ2n) is 2.61. The highest BCUT2D eigenvalue weighted by Crippen LogP contribution is 2.19. The molecule has 1 aliphatic rings. The predicted octanol–water partition coefficient (Wildman–Crippen LogP) is 2.69. The summed E-state index contributed by atoms with van der Waals surface area (Å²) < 4.78 is 0. The Labute approximate surface area is 56.6 Å². The van der Waals surface area contributed by atoms with Crippen molar-refractivity contribution in [2.45, 2.75) is 13.8 Å². The highest BCUT2D eigenvalue weighted by atomic mass is 14.1. The Morgan fingerprint density at radius 1 is 1.56 bits per heavy atom. The van der Waals surface area contributed by atoms with Gasteiger partial charge in [0.1, 0.15) is 0 Å². The fourth-order valence-corrected chi connectivity index (χ4v) is 0.892. The van der Waals surface area contributed by atoms with Crippen molar-refractivity contribution in [1.29, 1.82) is 0 Å². The van der Waals surface area contributed by atoms with Gasteiger partial charge in [0.15, 0.2) is 0 Å². The molecule has 48 valence electrons. The first kappa shape index (κ1) is 6.34. The van der Waals surface area contributed by atoms with Gasteiger partial charge in [-0.3, -0.25) is 0 Å². The summed E-state index contributed by atoms with van der Waals surface area (Å²) in [7, 11) is 0. The summed E-state index contributed by atoms with van der Waals surface area (Å²) >= 11 is 0. The smallest absolute Gasteiger partial charge is 0.00130 e. The van der Waals surface area contributed by atoms with Crippen molar-refractivity contribution in [2.75, 3.05) is 0 Å². The molecule has 1 aliphatic carbocycles. The zero-order valence-electron chi connectivity index (χ0n) is 6.02. The summed E-state index contributed by atoms with van der Waals surface area (Å²) in [4.78, 5) is 0. The van der Waals surface area contributed by atoms with Crippen LogP contribution >= 0.6 is 0 Å². The lowest BCUT2D eigenvalue weighted by molar-refractivity contribution is 0.882. The number of hydrogen-bond donors (Lipinski definition) is 0. The van der Waals surface area contributed by atoms with Crippen LogP contribution in [0.1, 0.15) is 13.8 Å². The Morgan fingerprint density at radius 3 is 2.67 bits per heavy atom. The van der Waals surface area contributed by atoms with Crippen molar-refractivity contribution in [3.63, 3.8) is 0 Å². The van der Waals surface area contributed by atoms with E-state index in [0.717, 1.165) is 0 Å². The van der Waals surface area contributed by atoms with Crippen LogP contribution in [0.4, 0.5) is 0 Å². The third kappa shape index (κ3) is 1.32. The molecule has 0 saturated carbocycles. The van der Waals surface area contributed by atoms with Crippen LogP contribution in [0.3, 0.4) is 0 Å². The van der Waals surface area contributed by atoms with Gasteiger partial charge in [-0.1, -0.05) is 37.3 Å². The first-order chi connectivity index (χ1) is 4.20. The molecule has 0 heteroatoms. The standard InChI is InChI=1S/C9H12/c1-7-4-5-8(2)9(3)6-7/h4-6,8H,3H2,1-2H3. The first-order valence-electron chi connectivity index (χ1n) is 3.25. The first-order valence-corrected chi connectivity index (χ1v) is 3.25. The Bertz CT molecular complexity index is 182. The molecule has 0 bridgehead atoms. The van der Waals surface area contributed by atoms with Gasteiger partial charge in [-0.05, 0) is 18.4 Å². The molecular formula is C9H12. The van der Waals surface area contributed by atoms with Crippen LogP contribution in [0, 0.1) is 5.92 Å². The highest BCUT2D eigenvalue weighted by Gasteiger charge is 2.03. The van der Waals surface area contributed by atoms with Crippen LogP contribution < -0.4 is 0 Å². The van der Waals surface area contributed by atoms with Crippen LogP contribution in [0.25, 0.3) is 0 Å². The summed E-state index contributed by atoms with van der Waals surface area (Å²) in [5, 5.41) is 0. The summed E-state index contributed by atoms with van der Waals surface area (Å²) in [6.07, 6.45) is 6.45. The lowest BCUT2D eigenvalue weighted by Gasteiger charge is -2.11. The van der Waals surface area contributed by atoms with E-state index in [1.54, 1.807) is 0 Å². The van der Waals surface area contributed by atoms with Crippen molar-refractivity contribution in [1.82, 2.24) is 0 Å². The van der Waals surface area contributed by atoms with E-state index < -0.39 is 0 Å². The molecule has 0 aromatic carbocycles. The monoisotopic (exact) mass is 120 g/mol.